The Morgan fingerprint density at radius 2 is 1.28 bits per heavy atom. The average Bonchev–Trinajstić information content (AvgIpc) is 2.98. The molecule has 0 aliphatic carbocycles. The smallest absolute Gasteiger partial charge is 0.375 e. The van der Waals surface area contributed by atoms with E-state index in [0.29, 0.717) is 11.1 Å². The van der Waals surface area contributed by atoms with Gasteiger partial charge in [-0.15, -0.1) is 0 Å². The summed E-state index contributed by atoms with van der Waals surface area (Å²) in [6.45, 7) is 3.10. The summed E-state index contributed by atoms with van der Waals surface area (Å²) in [6.07, 6.45) is 0. The molecule has 150 valence electrons. The molecule has 0 unspecified atom stereocenters. The van der Waals surface area contributed by atoms with Gasteiger partial charge in [0.15, 0.2) is 14.3 Å². The first-order valence-corrected chi connectivity index (χ1v) is 11.3. The molecule has 3 nitrogen and oxygen atoms in total. The van der Waals surface area contributed by atoms with Crippen molar-refractivity contribution in [3.63, 3.8) is 0 Å². The quantitative estimate of drug-likeness (QED) is 0.207. The number of hydrogen-bond acceptors (Lipinski definition) is 3. The Hall–Kier alpha value is -2.58. The van der Waals surface area contributed by atoms with Crippen molar-refractivity contribution in [3.8, 4) is 10.6 Å². The highest BCUT2D eigenvalue weighted by atomic mass is 32.2. The van der Waals surface area contributed by atoms with Gasteiger partial charge in [-0.1, -0.05) is 24.3 Å². The van der Waals surface area contributed by atoms with E-state index in [-0.39, 0.29) is 5.75 Å². The zero-order valence-corrected chi connectivity index (χ0v) is 17.1. The lowest BCUT2D eigenvalue weighted by Gasteiger charge is -2.13. The predicted octanol–water partition coefficient (Wildman–Crippen LogP) is 6.58. The van der Waals surface area contributed by atoms with Gasteiger partial charge in [0, 0.05) is 33.4 Å². The lowest BCUT2D eigenvalue weighted by molar-refractivity contribution is -0.0500. The first-order valence-electron chi connectivity index (χ1n) is 8.65. The molecule has 0 N–H and O–H groups in total. The van der Waals surface area contributed by atoms with Gasteiger partial charge in [-0.3, -0.25) is 0 Å². The number of halogens is 3. The van der Waals surface area contributed by atoms with E-state index in [2.05, 4.69) is 4.18 Å². The molecule has 1 heterocycles. The van der Waals surface area contributed by atoms with Crippen LogP contribution in [0.3, 0.4) is 0 Å². The molecule has 1 aromatic heterocycles. The highest BCUT2D eigenvalue weighted by molar-refractivity contribution is 7.88. The lowest BCUT2D eigenvalue weighted by atomic mass is 10.1. The molecule has 0 radical (unpaired) electrons. The van der Waals surface area contributed by atoms with Crippen molar-refractivity contribution in [2.45, 2.75) is 19.4 Å². The van der Waals surface area contributed by atoms with E-state index in [9.17, 15) is 21.6 Å². The van der Waals surface area contributed by atoms with Gasteiger partial charge in [-0.2, -0.15) is 21.6 Å². The minimum atomic E-state index is -5.72. The second kappa shape index (κ2) is 6.74. The Morgan fingerprint density at radius 3 is 1.72 bits per heavy atom. The third-order valence-electron chi connectivity index (χ3n) is 4.65. The van der Waals surface area contributed by atoms with Crippen LogP contribution in [0.4, 0.5) is 13.2 Å². The zero-order valence-electron chi connectivity index (χ0n) is 15.4. The van der Waals surface area contributed by atoms with Gasteiger partial charge in [0.25, 0.3) is 0 Å². The maximum absolute atomic E-state index is 12.7. The van der Waals surface area contributed by atoms with E-state index in [0.717, 1.165) is 25.1 Å². The summed E-state index contributed by atoms with van der Waals surface area (Å²) in [5.41, 5.74) is -4.81. The number of rotatable bonds is 3. The summed E-state index contributed by atoms with van der Waals surface area (Å²) in [5, 5.41) is 2.25. The Kier molecular flexibility index (Phi) is 4.59. The maximum Gasteiger partial charge on any atom is 0.534 e. The van der Waals surface area contributed by atoms with Crippen molar-refractivity contribution >= 4 is 40.8 Å². The van der Waals surface area contributed by atoms with Crippen molar-refractivity contribution in [2.24, 2.45) is 0 Å². The second-order valence-electron chi connectivity index (χ2n) is 6.67. The number of hydrogen-bond donors (Lipinski definition) is 0. The number of fused-ring (bicyclic) bond motifs is 3. The van der Waals surface area contributed by atoms with E-state index < -0.39 is 26.1 Å². The summed E-state index contributed by atoms with van der Waals surface area (Å²) in [7, 11) is -6.16. The summed E-state index contributed by atoms with van der Waals surface area (Å²) in [4.78, 5) is 0.897. The van der Waals surface area contributed by atoms with Crippen LogP contribution in [0, 0.1) is 13.8 Å². The van der Waals surface area contributed by atoms with Gasteiger partial charge in [-0.25, -0.2) is 0 Å². The molecule has 3 aromatic carbocycles. The molecule has 0 bridgehead atoms. The Bertz CT molecular complexity index is 1280. The van der Waals surface area contributed by atoms with Crippen LogP contribution in [0.2, 0.25) is 0 Å². The van der Waals surface area contributed by atoms with Crippen LogP contribution in [0.1, 0.15) is 11.1 Å². The Labute approximate surface area is 168 Å². The van der Waals surface area contributed by atoms with E-state index in [1.54, 1.807) is 26.0 Å². The number of benzene rings is 3. The highest BCUT2D eigenvalue weighted by Gasteiger charge is 2.49. The minimum absolute atomic E-state index is 0.282. The maximum atomic E-state index is 12.7. The fourth-order valence-electron chi connectivity index (χ4n) is 3.42. The molecule has 0 saturated carbocycles. The summed E-state index contributed by atoms with van der Waals surface area (Å²) in [5.74, 6) is -0.282. The third-order valence-corrected chi connectivity index (χ3v) is 7.90. The molecule has 0 spiro atoms. The van der Waals surface area contributed by atoms with Gasteiger partial charge in [0.1, 0.15) is 5.75 Å². The van der Waals surface area contributed by atoms with E-state index in [1.165, 1.54) is 0 Å². The molecule has 0 atom stereocenters. The van der Waals surface area contributed by atoms with Gasteiger partial charge >= 0.3 is 15.6 Å². The Balaban J connectivity index is 1.92. The van der Waals surface area contributed by atoms with Gasteiger partial charge in [0.05, 0.1) is 0 Å². The van der Waals surface area contributed by atoms with Crippen molar-refractivity contribution < 1.29 is 25.8 Å². The monoisotopic (exact) mass is 437 g/mol. The van der Waals surface area contributed by atoms with Crippen molar-refractivity contribution in [3.05, 3.63) is 71.8 Å². The molecule has 4 aromatic rings. The largest absolute Gasteiger partial charge is 0.534 e. The SMILES string of the molecule is Cc1cc(-[s+]2c3ccccc3c3ccccc32)cc(C)c1OS(=O)(=O)C(F)(F)F. The molecule has 4 rings (SSSR count). The fourth-order valence-corrected chi connectivity index (χ4v) is 6.56. The van der Waals surface area contributed by atoms with Gasteiger partial charge < -0.3 is 4.18 Å². The fraction of sp³-hybridized carbons (Fsp3) is 0.143. The second-order valence-corrected chi connectivity index (χ2v) is 10.2. The van der Waals surface area contributed by atoms with Crippen molar-refractivity contribution in [2.75, 3.05) is 0 Å². The lowest BCUT2D eigenvalue weighted by Crippen LogP contribution is -2.28. The van der Waals surface area contributed by atoms with Crippen LogP contribution < -0.4 is 4.18 Å². The van der Waals surface area contributed by atoms with E-state index in [1.807, 2.05) is 48.5 Å². The van der Waals surface area contributed by atoms with Crippen molar-refractivity contribution in [1.82, 2.24) is 0 Å². The predicted molar refractivity (Wildman–Crippen MR) is 110 cm³/mol. The van der Waals surface area contributed by atoms with Crippen LogP contribution in [0.5, 0.6) is 5.75 Å². The van der Waals surface area contributed by atoms with Crippen LogP contribution in [-0.4, -0.2) is 13.9 Å². The van der Waals surface area contributed by atoms with Crippen LogP contribution >= 0.6 is 10.5 Å². The number of alkyl halides is 3. The highest BCUT2D eigenvalue weighted by Crippen LogP contribution is 2.49. The van der Waals surface area contributed by atoms with Crippen LogP contribution in [0.25, 0.3) is 25.1 Å². The Morgan fingerprint density at radius 1 is 0.828 bits per heavy atom. The molecule has 29 heavy (non-hydrogen) atoms. The first-order chi connectivity index (χ1) is 13.6. The molecule has 0 aliphatic heterocycles. The summed E-state index contributed by atoms with van der Waals surface area (Å²) in [6, 6.07) is 19.4. The minimum Gasteiger partial charge on any atom is -0.375 e. The first kappa shape index (κ1) is 19.7. The van der Waals surface area contributed by atoms with Gasteiger partial charge in [-0.05, 0) is 49.2 Å². The molecule has 0 fully saturated rings. The molecular weight excluding hydrogens is 421 g/mol. The molecule has 0 saturated heterocycles. The molecule has 0 amide bonds. The third kappa shape index (κ3) is 3.26. The summed E-state index contributed by atoms with van der Waals surface area (Å²) < 4.78 is 67.8. The van der Waals surface area contributed by atoms with Crippen LogP contribution in [0.15, 0.2) is 60.7 Å². The molecule has 8 heteroatoms. The average molecular weight is 437 g/mol. The van der Waals surface area contributed by atoms with E-state index >= 15 is 0 Å². The number of thiophene rings is 1. The topological polar surface area (TPSA) is 43.4 Å². The van der Waals surface area contributed by atoms with Crippen molar-refractivity contribution in [1.29, 1.82) is 0 Å². The molecular formula is C21H16F3O3S2+. The normalized spacial score (nSPS) is 12.6. The van der Waals surface area contributed by atoms with E-state index in [4.69, 9.17) is 0 Å². The van der Waals surface area contributed by atoms with Crippen LogP contribution in [-0.2, 0) is 10.1 Å². The standard InChI is InChI=1S/C21H16F3O3S2/c1-13-11-15(12-14(2)20(13)27-29(25,26)21(22,23)24)28-18-9-5-3-7-16(18)17-8-4-6-10-19(17)28/h3-12H,1-2H3/q+1. The number of aryl methyl sites for hydroxylation is 2. The van der Waals surface area contributed by atoms with Gasteiger partial charge in [0.2, 0.25) is 0 Å². The zero-order chi connectivity index (χ0) is 21.0. The molecule has 0 aliphatic rings. The summed E-state index contributed by atoms with van der Waals surface area (Å²) >= 11 is 0.